The van der Waals surface area contributed by atoms with Crippen molar-refractivity contribution in [2.24, 2.45) is 0 Å². The normalized spacial score (nSPS) is 26.9. The summed E-state index contributed by atoms with van der Waals surface area (Å²) in [6.45, 7) is 6.53. The number of likely N-dealkylation sites (N-methyl/N-ethyl adjacent to an activating group) is 1. The number of H-pyrrole nitrogens is 1. The number of hydrogen-bond donors (Lipinski definition) is 2. The van der Waals surface area contributed by atoms with Gasteiger partial charge in [0.05, 0.1) is 0 Å². The number of aromatic amines is 1. The molecule has 5 heteroatoms. The summed E-state index contributed by atoms with van der Waals surface area (Å²) in [5.74, 6) is 1.24. The molecule has 5 nitrogen and oxygen atoms in total. The summed E-state index contributed by atoms with van der Waals surface area (Å²) in [4.78, 5) is 20.7. The third-order valence-corrected chi connectivity index (χ3v) is 7.25. The van der Waals surface area contributed by atoms with E-state index in [0.29, 0.717) is 12.0 Å². The van der Waals surface area contributed by atoms with Gasteiger partial charge >= 0.3 is 6.03 Å². The molecule has 1 aromatic carbocycles. The largest absolute Gasteiger partial charge is 0.358 e. The van der Waals surface area contributed by atoms with Crippen molar-refractivity contribution in [2.75, 3.05) is 26.7 Å². The van der Waals surface area contributed by atoms with Gasteiger partial charge in [-0.05, 0) is 69.7 Å². The molecule has 0 radical (unpaired) electrons. The zero-order valence-electron chi connectivity index (χ0n) is 17.3. The lowest BCUT2D eigenvalue weighted by Crippen LogP contribution is -2.56. The molecule has 1 saturated heterocycles. The molecule has 1 aromatic heterocycles. The van der Waals surface area contributed by atoms with E-state index in [1.165, 1.54) is 35.0 Å². The van der Waals surface area contributed by atoms with E-state index >= 15 is 0 Å². The van der Waals surface area contributed by atoms with Crippen molar-refractivity contribution in [1.29, 1.82) is 0 Å². The van der Waals surface area contributed by atoms with Crippen LogP contribution in [0.3, 0.4) is 0 Å². The third kappa shape index (κ3) is 2.83. The number of carbonyl (C=O) groups excluding carboxylic acids is 1. The van der Waals surface area contributed by atoms with Crippen LogP contribution in [0.4, 0.5) is 4.79 Å². The van der Waals surface area contributed by atoms with Gasteiger partial charge in [0.25, 0.3) is 0 Å². The first-order valence-electron chi connectivity index (χ1n) is 11.0. The Kier molecular flexibility index (Phi) is 4.38. The van der Waals surface area contributed by atoms with Crippen LogP contribution in [0, 0.1) is 0 Å². The molecular weight excluding hydrogens is 348 g/mol. The summed E-state index contributed by atoms with van der Waals surface area (Å²) in [5.41, 5.74) is 5.88. The molecule has 1 saturated carbocycles. The summed E-state index contributed by atoms with van der Waals surface area (Å²) in [6.07, 6.45) is 4.84. The fourth-order valence-electron chi connectivity index (χ4n) is 5.66. The molecule has 1 aliphatic heterocycles. The van der Waals surface area contributed by atoms with Gasteiger partial charge in [-0.15, -0.1) is 0 Å². The van der Waals surface area contributed by atoms with Crippen LogP contribution < -0.4 is 5.32 Å². The van der Waals surface area contributed by atoms with Crippen molar-refractivity contribution < 1.29 is 4.79 Å². The molecule has 2 aromatic rings. The summed E-state index contributed by atoms with van der Waals surface area (Å²) >= 11 is 0. The van der Waals surface area contributed by atoms with E-state index in [1.54, 1.807) is 5.56 Å². The average Bonchev–Trinajstić information content (AvgIpc) is 3.46. The number of aromatic nitrogens is 1. The zero-order valence-corrected chi connectivity index (χ0v) is 17.3. The molecule has 28 heavy (non-hydrogen) atoms. The predicted octanol–water partition coefficient (Wildman–Crippen LogP) is 3.81. The molecule has 3 aliphatic rings. The molecule has 0 spiro atoms. The quantitative estimate of drug-likeness (QED) is 0.847. The van der Waals surface area contributed by atoms with E-state index in [1.807, 2.05) is 18.7 Å². The molecular formula is C23H32N4O. The number of urea groups is 1. The van der Waals surface area contributed by atoms with Crippen LogP contribution in [0.1, 0.15) is 61.8 Å². The highest BCUT2D eigenvalue weighted by atomic mass is 16.2. The topological polar surface area (TPSA) is 51.4 Å². The van der Waals surface area contributed by atoms with Gasteiger partial charge in [-0.3, -0.25) is 0 Å². The number of amides is 2. The molecule has 2 heterocycles. The Bertz CT molecular complexity index is 895. The van der Waals surface area contributed by atoms with Crippen LogP contribution in [-0.4, -0.2) is 59.6 Å². The lowest BCUT2D eigenvalue weighted by Gasteiger charge is -2.46. The summed E-state index contributed by atoms with van der Waals surface area (Å²) in [6, 6.07) is 7.59. The number of benzene rings is 1. The summed E-state index contributed by atoms with van der Waals surface area (Å²) < 4.78 is 0. The average molecular weight is 381 g/mol. The summed E-state index contributed by atoms with van der Waals surface area (Å²) in [7, 11) is 2.24. The van der Waals surface area contributed by atoms with Crippen LogP contribution in [0.25, 0.3) is 10.9 Å². The van der Waals surface area contributed by atoms with Gasteiger partial charge in [0.15, 0.2) is 0 Å². The number of rotatable bonds is 4. The highest BCUT2D eigenvalue weighted by Gasteiger charge is 2.42. The molecule has 150 valence electrons. The van der Waals surface area contributed by atoms with E-state index in [-0.39, 0.29) is 12.1 Å². The van der Waals surface area contributed by atoms with E-state index in [9.17, 15) is 4.79 Å². The minimum Gasteiger partial charge on any atom is -0.358 e. The Morgan fingerprint density at radius 1 is 1.29 bits per heavy atom. The maximum atomic E-state index is 12.6. The number of likely N-dealkylation sites (tertiary alicyclic amines) is 1. The Morgan fingerprint density at radius 3 is 2.79 bits per heavy atom. The minimum absolute atomic E-state index is 0.0780. The first-order chi connectivity index (χ1) is 13.6. The van der Waals surface area contributed by atoms with Gasteiger partial charge in [0.1, 0.15) is 0 Å². The molecule has 2 unspecified atom stereocenters. The van der Waals surface area contributed by atoms with Crippen LogP contribution in [-0.2, 0) is 6.42 Å². The number of piperidine rings is 1. The maximum Gasteiger partial charge on any atom is 0.317 e. The molecule has 3 atom stereocenters. The Hall–Kier alpha value is -2.01. The second-order valence-corrected chi connectivity index (χ2v) is 8.93. The first kappa shape index (κ1) is 18.0. The second-order valence-electron chi connectivity index (χ2n) is 8.93. The molecule has 2 amide bonds. The van der Waals surface area contributed by atoms with Gasteiger partial charge < -0.3 is 20.1 Å². The monoisotopic (exact) mass is 380 g/mol. The van der Waals surface area contributed by atoms with Gasteiger partial charge in [-0.1, -0.05) is 12.1 Å². The van der Waals surface area contributed by atoms with Gasteiger partial charge in [0.2, 0.25) is 0 Å². The molecule has 2 N–H and O–H groups in total. The lowest BCUT2D eigenvalue weighted by molar-refractivity contribution is 0.124. The Balaban J connectivity index is 1.46. The zero-order chi connectivity index (χ0) is 19.4. The van der Waals surface area contributed by atoms with E-state index in [4.69, 9.17) is 0 Å². The molecule has 0 bridgehead atoms. The highest BCUT2D eigenvalue weighted by Crippen LogP contribution is 2.49. The molecule has 2 fully saturated rings. The molecule has 2 aliphatic carbocycles. The lowest BCUT2D eigenvalue weighted by atomic mass is 9.73. The first-order valence-corrected chi connectivity index (χ1v) is 11.0. The predicted molar refractivity (Wildman–Crippen MR) is 113 cm³/mol. The standard InChI is InChI=1S/C23H32N4O/c1-4-27(5-2)23(28)24-15-11-17-16-7-6-8-19-21(16)18(12-20(17)26(3)13-15)22(25-19)14-9-10-14/h6-8,14-15,17,20,25H,4-5,9-13H2,1-3H3,(H,24,28)/t15?,17?,20-/m1/s1. The number of nitrogens with one attached hydrogen (secondary N) is 2. The van der Waals surface area contributed by atoms with E-state index in [0.717, 1.165) is 38.4 Å². The van der Waals surface area contributed by atoms with Crippen molar-refractivity contribution >= 4 is 16.9 Å². The second kappa shape index (κ2) is 6.80. The van der Waals surface area contributed by atoms with Gasteiger partial charge in [-0.2, -0.15) is 0 Å². The van der Waals surface area contributed by atoms with Gasteiger partial charge in [-0.25, -0.2) is 4.79 Å². The van der Waals surface area contributed by atoms with Crippen molar-refractivity contribution in [1.82, 2.24) is 20.1 Å². The van der Waals surface area contributed by atoms with Crippen LogP contribution in [0.5, 0.6) is 0 Å². The fourth-order valence-corrected chi connectivity index (χ4v) is 5.66. The number of carbonyl (C=O) groups is 1. The minimum atomic E-state index is 0.0780. The number of nitrogens with zero attached hydrogens (tertiary/aromatic N) is 2. The maximum absolute atomic E-state index is 12.6. The van der Waals surface area contributed by atoms with Gasteiger partial charge in [0, 0.05) is 54.2 Å². The van der Waals surface area contributed by atoms with Crippen molar-refractivity contribution in [2.45, 2.75) is 63.5 Å². The Labute approximate surface area is 167 Å². The van der Waals surface area contributed by atoms with E-state index in [2.05, 4.69) is 40.4 Å². The smallest absolute Gasteiger partial charge is 0.317 e. The Morgan fingerprint density at radius 2 is 2.07 bits per heavy atom. The van der Waals surface area contributed by atoms with Crippen LogP contribution in [0.2, 0.25) is 0 Å². The van der Waals surface area contributed by atoms with Crippen molar-refractivity contribution in [3.05, 3.63) is 35.0 Å². The van der Waals surface area contributed by atoms with E-state index < -0.39 is 0 Å². The fraction of sp³-hybridized carbons (Fsp3) is 0.609. The molecule has 5 rings (SSSR count). The SMILES string of the molecule is CCN(CC)C(=O)NC1CC2c3cccc4[nH]c(C5CC5)c(c34)C[C@H]2N(C)C1. The van der Waals surface area contributed by atoms with Crippen LogP contribution >= 0.6 is 0 Å². The number of fused-ring (bicyclic) bond motifs is 2. The number of hydrogen-bond acceptors (Lipinski definition) is 2. The highest BCUT2D eigenvalue weighted by molar-refractivity contribution is 5.90. The third-order valence-electron chi connectivity index (χ3n) is 7.25. The van der Waals surface area contributed by atoms with Crippen LogP contribution in [0.15, 0.2) is 18.2 Å². The van der Waals surface area contributed by atoms with Crippen molar-refractivity contribution in [3.8, 4) is 0 Å². The van der Waals surface area contributed by atoms with Crippen molar-refractivity contribution in [3.63, 3.8) is 0 Å². The summed E-state index contributed by atoms with van der Waals surface area (Å²) in [5, 5.41) is 4.79.